The van der Waals surface area contributed by atoms with Crippen LogP contribution >= 0.6 is 0 Å². The molecule has 1 aliphatic heterocycles. The molecule has 0 spiro atoms. The Kier molecular flexibility index (Phi) is 2.19. The molecule has 18 heavy (non-hydrogen) atoms. The summed E-state index contributed by atoms with van der Waals surface area (Å²) in [5, 5.41) is 0. The van der Waals surface area contributed by atoms with E-state index >= 15 is 0 Å². The van der Waals surface area contributed by atoms with E-state index in [1.807, 2.05) is 0 Å². The lowest BCUT2D eigenvalue weighted by molar-refractivity contribution is 0.305. The lowest BCUT2D eigenvalue weighted by Gasteiger charge is -2.21. The van der Waals surface area contributed by atoms with E-state index < -0.39 is 34.8 Å². The van der Waals surface area contributed by atoms with Gasteiger partial charge in [-0.1, -0.05) is 6.07 Å². The molecule has 0 saturated carbocycles. The van der Waals surface area contributed by atoms with Crippen molar-refractivity contribution in [2.45, 2.75) is 0 Å². The van der Waals surface area contributed by atoms with Crippen molar-refractivity contribution in [1.29, 1.82) is 0 Å². The largest absolute Gasteiger partial charge is 0.446 e. The van der Waals surface area contributed by atoms with Gasteiger partial charge in [0.1, 0.15) is 0 Å². The molecule has 0 bridgehead atoms. The summed E-state index contributed by atoms with van der Waals surface area (Å²) in [6.07, 6.45) is 0. The van der Waals surface area contributed by atoms with Crippen LogP contribution in [0.25, 0.3) is 0 Å². The van der Waals surface area contributed by atoms with Gasteiger partial charge in [-0.3, -0.25) is 0 Å². The average molecular weight is 256 g/mol. The quantitative estimate of drug-likeness (QED) is 0.444. The molecule has 0 saturated heterocycles. The minimum atomic E-state index is -1.41. The van der Waals surface area contributed by atoms with Crippen molar-refractivity contribution in [3.05, 3.63) is 47.5 Å². The number of benzene rings is 2. The van der Waals surface area contributed by atoms with E-state index in [0.717, 1.165) is 6.07 Å². The van der Waals surface area contributed by atoms with E-state index in [2.05, 4.69) is 0 Å². The molecule has 0 unspecified atom stereocenters. The van der Waals surface area contributed by atoms with Crippen molar-refractivity contribution in [2.24, 2.45) is 0 Å². The Hall–Kier alpha value is -2.24. The Morgan fingerprint density at radius 2 is 1.50 bits per heavy atom. The minimum Gasteiger partial charge on any atom is -0.446 e. The fourth-order valence-electron chi connectivity index (χ4n) is 1.62. The first-order valence-electron chi connectivity index (χ1n) is 4.89. The number of fused-ring (bicyclic) bond motifs is 2. The molecular formula is C12H4F4O2. The van der Waals surface area contributed by atoms with Gasteiger partial charge in [0.25, 0.3) is 0 Å². The second kappa shape index (κ2) is 3.63. The zero-order chi connectivity index (χ0) is 12.9. The van der Waals surface area contributed by atoms with Crippen molar-refractivity contribution < 1.29 is 27.0 Å². The molecule has 0 aliphatic carbocycles. The molecule has 3 rings (SSSR count). The average Bonchev–Trinajstić information content (AvgIpc) is 2.35. The number of rotatable bonds is 0. The van der Waals surface area contributed by atoms with Crippen LogP contribution in [0, 0.1) is 23.3 Å². The van der Waals surface area contributed by atoms with Crippen molar-refractivity contribution >= 4 is 0 Å². The monoisotopic (exact) mass is 256 g/mol. The summed E-state index contributed by atoms with van der Waals surface area (Å²) in [5.41, 5.74) is 0. The van der Waals surface area contributed by atoms with E-state index in [-0.39, 0.29) is 11.5 Å². The highest BCUT2D eigenvalue weighted by Gasteiger charge is 2.29. The Balaban J connectivity index is 2.22. The topological polar surface area (TPSA) is 18.5 Å². The van der Waals surface area contributed by atoms with Gasteiger partial charge in [0, 0.05) is 6.07 Å². The maximum atomic E-state index is 13.4. The molecule has 1 heterocycles. The maximum absolute atomic E-state index is 13.4. The Labute approximate surface area is 98.4 Å². The normalized spacial score (nSPS) is 12.2. The van der Waals surface area contributed by atoms with E-state index in [1.165, 1.54) is 12.1 Å². The molecule has 0 amide bonds. The van der Waals surface area contributed by atoms with Gasteiger partial charge >= 0.3 is 0 Å². The standard InChI is InChI=1S/C12H4F4O2/c13-5-2-1-3-8-10(5)18-11-7(15)4-6(14)9(16)12(11)17-8/h1-4H. The van der Waals surface area contributed by atoms with Crippen molar-refractivity contribution in [1.82, 2.24) is 0 Å². The predicted molar refractivity (Wildman–Crippen MR) is 52.9 cm³/mol. The first-order chi connectivity index (χ1) is 8.58. The van der Waals surface area contributed by atoms with Crippen LogP contribution in [-0.2, 0) is 0 Å². The number of ether oxygens (including phenoxy) is 2. The van der Waals surface area contributed by atoms with Gasteiger partial charge in [-0.2, -0.15) is 4.39 Å². The number of para-hydroxylation sites is 1. The third-order valence-electron chi connectivity index (χ3n) is 2.43. The fourth-order valence-corrected chi connectivity index (χ4v) is 1.62. The SMILES string of the molecule is Fc1cc(F)c2c(c1F)Oc1cccc(F)c1O2. The predicted octanol–water partition coefficient (Wildman–Crippen LogP) is 4.14. The minimum absolute atomic E-state index is 0.147. The highest BCUT2D eigenvalue weighted by atomic mass is 19.2. The van der Waals surface area contributed by atoms with Crippen LogP contribution in [0.1, 0.15) is 0 Å². The van der Waals surface area contributed by atoms with E-state index in [4.69, 9.17) is 9.47 Å². The lowest BCUT2D eigenvalue weighted by Crippen LogP contribution is -2.06. The van der Waals surface area contributed by atoms with E-state index in [9.17, 15) is 17.6 Å². The molecule has 1 aliphatic rings. The number of hydrogen-bond acceptors (Lipinski definition) is 2. The lowest BCUT2D eigenvalue weighted by atomic mass is 10.2. The van der Waals surface area contributed by atoms with Crippen LogP contribution in [0.3, 0.4) is 0 Å². The summed E-state index contributed by atoms with van der Waals surface area (Å²) in [7, 11) is 0. The zero-order valence-corrected chi connectivity index (χ0v) is 8.64. The molecule has 6 heteroatoms. The molecule has 0 aromatic heterocycles. The van der Waals surface area contributed by atoms with Crippen LogP contribution < -0.4 is 9.47 Å². The third kappa shape index (κ3) is 1.42. The third-order valence-corrected chi connectivity index (χ3v) is 2.43. The smallest absolute Gasteiger partial charge is 0.211 e. The van der Waals surface area contributed by atoms with Gasteiger partial charge in [0.2, 0.25) is 23.1 Å². The Morgan fingerprint density at radius 3 is 2.28 bits per heavy atom. The van der Waals surface area contributed by atoms with Gasteiger partial charge in [-0.25, -0.2) is 13.2 Å². The van der Waals surface area contributed by atoms with Gasteiger partial charge in [-0.05, 0) is 12.1 Å². The molecule has 0 fully saturated rings. The van der Waals surface area contributed by atoms with Crippen molar-refractivity contribution in [2.75, 3.05) is 0 Å². The van der Waals surface area contributed by atoms with Crippen LogP contribution in [0.5, 0.6) is 23.0 Å². The zero-order valence-electron chi connectivity index (χ0n) is 8.64. The Morgan fingerprint density at radius 1 is 0.722 bits per heavy atom. The van der Waals surface area contributed by atoms with Crippen LogP contribution in [0.2, 0.25) is 0 Å². The highest BCUT2D eigenvalue weighted by molar-refractivity contribution is 5.55. The van der Waals surface area contributed by atoms with Crippen LogP contribution in [-0.4, -0.2) is 0 Å². The second-order valence-electron chi connectivity index (χ2n) is 3.58. The molecule has 0 atom stereocenters. The van der Waals surface area contributed by atoms with Crippen molar-refractivity contribution in [3.8, 4) is 23.0 Å². The summed E-state index contributed by atoms with van der Waals surface area (Å²) >= 11 is 0. The first-order valence-corrected chi connectivity index (χ1v) is 4.89. The van der Waals surface area contributed by atoms with Gasteiger partial charge in [-0.15, -0.1) is 0 Å². The van der Waals surface area contributed by atoms with E-state index in [0.29, 0.717) is 6.07 Å². The van der Waals surface area contributed by atoms with Crippen LogP contribution in [0.4, 0.5) is 17.6 Å². The maximum Gasteiger partial charge on any atom is 0.211 e. The summed E-state index contributed by atoms with van der Waals surface area (Å²) in [5.74, 6) is -6.67. The van der Waals surface area contributed by atoms with Gasteiger partial charge in [0.05, 0.1) is 0 Å². The van der Waals surface area contributed by atoms with E-state index in [1.54, 1.807) is 0 Å². The highest BCUT2D eigenvalue weighted by Crippen LogP contribution is 2.48. The summed E-state index contributed by atoms with van der Waals surface area (Å²) < 4.78 is 63.0. The fraction of sp³-hybridized carbons (Fsp3) is 0. The molecule has 2 aromatic rings. The van der Waals surface area contributed by atoms with Gasteiger partial charge in [0.15, 0.2) is 23.2 Å². The number of hydrogen-bond donors (Lipinski definition) is 0. The Bertz CT molecular complexity index is 655. The molecule has 92 valence electrons. The summed E-state index contributed by atoms with van der Waals surface area (Å²) in [6, 6.07) is 3.98. The summed E-state index contributed by atoms with van der Waals surface area (Å²) in [4.78, 5) is 0. The molecule has 0 N–H and O–H groups in total. The first kappa shape index (κ1) is 10.9. The molecule has 2 nitrogen and oxygen atoms in total. The van der Waals surface area contributed by atoms with Crippen LogP contribution in [0.15, 0.2) is 24.3 Å². The second-order valence-corrected chi connectivity index (χ2v) is 3.58. The number of halogens is 4. The summed E-state index contributed by atoms with van der Waals surface area (Å²) in [6.45, 7) is 0. The van der Waals surface area contributed by atoms with Crippen molar-refractivity contribution in [3.63, 3.8) is 0 Å². The molecular weight excluding hydrogens is 252 g/mol. The van der Waals surface area contributed by atoms with Gasteiger partial charge < -0.3 is 9.47 Å². The molecule has 0 radical (unpaired) electrons. The molecule has 2 aromatic carbocycles.